The summed E-state index contributed by atoms with van der Waals surface area (Å²) in [6.07, 6.45) is -6.05. The molecule has 0 aromatic heterocycles. The van der Waals surface area contributed by atoms with Gasteiger partial charge in [0.15, 0.2) is 5.60 Å². The summed E-state index contributed by atoms with van der Waals surface area (Å²) in [5.41, 5.74) is -1.54. The lowest BCUT2D eigenvalue weighted by molar-refractivity contribution is -0.231. The molecule has 7 atom stereocenters. The number of phenolic OH excluding ortho intramolecular Hbond substituents is 1. The highest BCUT2D eigenvalue weighted by molar-refractivity contribution is 5.95. The van der Waals surface area contributed by atoms with Crippen molar-refractivity contribution in [3.8, 4) is 5.75 Å². The third-order valence-corrected chi connectivity index (χ3v) is 10.1. The number of aryl methyl sites for hydroxylation is 2. The van der Waals surface area contributed by atoms with Gasteiger partial charge in [-0.3, -0.25) is 19.3 Å². The molecular formula is C35H54N4O11. The molecule has 0 radical (unpaired) electrons. The third-order valence-electron chi connectivity index (χ3n) is 10.1. The number of ether oxygens (including phenoxy) is 2. The second kappa shape index (κ2) is 15.5. The Hall–Kier alpha value is -3.34. The van der Waals surface area contributed by atoms with Crippen LogP contribution in [-0.2, 0) is 23.9 Å². The number of aliphatic hydroxyl groups excluding tert-OH is 3. The van der Waals surface area contributed by atoms with Crippen LogP contribution in [0.25, 0.3) is 0 Å². The number of hydrogen-bond acceptors (Lipinski definition) is 11. The van der Waals surface area contributed by atoms with E-state index in [1.54, 1.807) is 13.8 Å². The summed E-state index contributed by atoms with van der Waals surface area (Å²) >= 11 is 0. The highest BCUT2D eigenvalue weighted by atomic mass is 16.6. The normalized spacial score (nSPS) is 28.7. The largest absolute Gasteiger partial charge is 0.507 e. The Bertz CT molecular complexity index is 1410. The van der Waals surface area contributed by atoms with Crippen LogP contribution in [0.15, 0.2) is 12.1 Å². The first-order chi connectivity index (χ1) is 23.3. The summed E-state index contributed by atoms with van der Waals surface area (Å²) in [6.45, 7) is 12.5. The van der Waals surface area contributed by atoms with Crippen LogP contribution < -0.4 is 10.6 Å². The number of carbonyl (C=O) groups excluding carboxylic acids is 3. The van der Waals surface area contributed by atoms with E-state index in [4.69, 9.17) is 9.47 Å². The molecule has 0 unspecified atom stereocenters. The molecule has 15 nitrogen and oxygen atoms in total. The molecule has 280 valence electrons. The van der Waals surface area contributed by atoms with Crippen molar-refractivity contribution in [1.29, 1.82) is 0 Å². The van der Waals surface area contributed by atoms with Crippen molar-refractivity contribution in [2.24, 2.45) is 5.41 Å². The van der Waals surface area contributed by atoms with Crippen LogP contribution in [0.1, 0.15) is 74.9 Å². The standard InChI is InChI=1S/C35H54N4O11/c1-20-13-23(14-21(2)28(20)44)31(46)36-17-25(42)29(45)30-27(37-22(3)40)24(41)15-35(50-30,32(47)48)8-10-39-11-12-49-19-34(39)7-9-38(18-34)26(43)16-33(4,5)6/h13-14,24-25,27,29-30,41-42,44-45H,7-12,15-19H2,1-6H3,(H,36,46)(H,37,40)(H,47,48)/t24-,25+,27+,29+,30+,34-,35+/m0/s1. The Morgan fingerprint density at radius 1 is 1.10 bits per heavy atom. The topological polar surface area (TPSA) is 218 Å². The number of aromatic hydroxyl groups is 1. The Kier molecular flexibility index (Phi) is 12.2. The molecule has 3 amide bonds. The first-order valence-electron chi connectivity index (χ1n) is 17.2. The molecule has 1 aromatic carbocycles. The molecule has 3 fully saturated rings. The van der Waals surface area contributed by atoms with Crippen molar-refractivity contribution in [2.75, 3.05) is 45.9 Å². The maximum absolute atomic E-state index is 13.1. The van der Waals surface area contributed by atoms with Gasteiger partial charge in [0.1, 0.15) is 18.0 Å². The summed E-state index contributed by atoms with van der Waals surface area (Å²) in [5.74, 6) is -2.44. The number of carboxylic acids is 1. The number of hydrogen-bond donors (Lipinski definition) is 7. The summed E-state index contributed by atoms with van der Waals surface area (Å²) in [5, 5.41) is 59.2. The zero-order valence-electron chi connectivity index (χ0n) is 29.9. The maximum atomic E-state index is 13.1. The van der Waals surface area contributed by atoms with Crippen LogP contribution in [0.5, 0.6) is 5.75 Å². The number of likely N-dealkylation sites (tertiary alicyclic amines) is 1. The zero-order chi connectivity index (χ0) is 37.2. The lowest BCUT2D eigenvalue weighted by Gasteiger charge is -2.49. The molecule has 50 heavy (non-hydrogen) atoms. The molecule has 3 aliphatic rings. The molecule has 7 N–H and O–H groups in total. The number of benzene rings is 1. The fraction of sp³-hybridized carbons (Fsp3) is 0.714. The van der Waals surface area contributed by atoms with Gasteiger partial charge in [-0.05, 0) is 48.9 Å². The minimum Gasteiger partial charge on any atom is -0.507 e. The maximum Gasteiger partial charge on any atom is 0.336 e. The smallest absolute Gasteiger partial charge is 0.336 e. The first kappa shape index (κ1) is 39.4. The Morgan fingerprint density at radius 3 is 2.36 bits per heavy atom. The number of carbonyl (C=O) groups is 4. The van der Waals surface area contributed by atoms with Crippen LogP contribution in [0.4, 0.5) is 0 Å². The molecule has 0 saturated carbocycles. The van der Waals surface area contributed by atoms with Crippen molar-refractivity contribution >= 4 is 23.7 Å². The molecule has 1 spiro atoms. The number of aliphatic carboxylic acids is 1. The lowest BCUT2D eigenvalue weighted by atomic mass is 9.81. The van der Waals surface area contributed by atoms with Crippen molar-refractivity contribution in [1.82, 2.24) is 20.4 Å². The van der Waals surface area contributed by atoms with Crippen LogP contribution in [0.2, 0.25) is 0 Å². The summed E-state index contributed by atoms with van der Waals surface area (Å²) in [7, 11) is 0. The fourth-order valence-corrected chi connectivity index (χ4v) is 7.33. The number of morpholine rings is 1. The van der Waals surface area contributed by atoms with Gasteiger partial charge >= 0.3 is 5.97 Å². The van der Waals surface area contributed by atoms with E-state index < -0.39 is 72.3 Å². The molecular weight excluding hydrogens is 652 g/mol. The SMILES string of the molecule is CC(=O)N[C@H]1[C@H]([C@H](O)[C@H](O)CNC(=O)c2cc(C)c(O)c(C)c2)O[C@@](CCN2CCOC[C@@]23CCN(C(=O)CC(C)(C)C)C3)(C(=O)O)C[C@@H]1O. The molecule has 0 aliphatic carbocycles. The first-order valence-corrected chi connectivity index (χ1v) is 17.2. The summed E-state index contributed by atoms with van der Waals surface area (Å²) in [6, 6.07) is 1.68. The molecule has 4 rings (SSSR count). The van der Waals surface area contributed by atoms with Crippen LogP contribution in [-0.4, -0.2) is 147 Å². The highest BCUT2D eigenvalue weighted by Crippen LogP contribution is 2.38. The van der Waals surface area contributed by atoms with E-state index in [9.17, 15) is 44.7 Å². The Morgan fingerprint density at radius 2 is 1.76 bits per heavy atom. The monoisotopic (exact) mass is 706 g/mol. The summed E-state index contributed by atoms with van der Waals surface area (Å²) < 4.78 is 12.0. The number of amides is 3. The van der Waals surface area contributed by atoms with E-state index in [0.29, 0.717) is 56.8 Å². The molecule has 15 heteroatoms. The van der Waals surface area contributed by atoms with Gasteiger partial charge in [0.2, 0.25) is 11.8 Å². The third kappa shape index (κ3) is 8.93. The second-order valence-corrected chi connectivity index (χ2v) is 15.4. The Balaban J connectivity index is 1.50. The van der Waals surface area contributed by atoms with E-state index >= 15 is 0 Å². The minimum atomic E-state index is -2.01. The fourth-order valence-electron chi connectivity index (χ4n) is 7.33. The number of phenols is 1. The van der Waals surface area contributed by atoms with Crippen LogP contribution >= 0.6 is 0 Å². The predicted molar refractivity (Wildman–Crippen MR) is 180 cm³/mol. The number of aliphatic hydroxyl groups is 3. The van der Waals surface area contributed by atoms with Crippen LogP contribution in [0.3, 0.4) is 0 Å². The molecule has 3 aliphatic heterocycles. The van der Waals surface area contributed by atoms with Crippen molar-refractivity contribution in [3.05, 3.63) is 28.8 Å². The number of nitrogens with one attached hydrogen (secondary N) is 2. The van der Waals surface area contributed by atoms with Crippen molar-refractivity contribution < 1.29 is 54.2 Å². The van der Waals surface area contributed by atoms with Crippen molar-refractivity contribution in [3.63, 3.8) is 0 Å². The second-order valence-electron chi connectivity index (χ2n) is 15.4. The molecule has 0 bridgehead atoms. The van der Waals surface area contributed by atoms with Gasteiger partial charge in [-0.25, -0.2) is 4.79 Å². The Labute approximate surface area is 292 Å². The average molecular weight is 707 g/mol. The van der Waals surface area contributed by atoms with Gasteiger partial charge in [0.05, 0.1) is 37.0 Å². The average Bonchev–Trinajstić information content (AvgIpc) is 3.45. The van der Waals surface area contributed by atoms with Crippen LogP contribution in [0, 0.1) is 19.3 Å². The predicted octanol–water partition coefficient (Wildman–Crippen LogP) is 0.0681. The van der Waals surface area contributed by atoms with E-state index in [1.807, 2.05) is 25.7 Å². The van der Waals surface area contributed by atoms with Gasteiger partial charge in [-0.1, -0.05) is 20.8 Å². The highest BCUT2D eigenvalue weighted by Gasteiger charge is 2.55. The zero-order valence-corrected chi connectivity index (χ0v) is 29.9. The van der Waals surface area contributed by atoms with Gasteiger partial charge in [0, 0.05) is 64.5 Å². The lowest BCUT2D eigenvalue weighted by Crippen LogP contribution is -2.68. The van der Waals surface area contributed by atoms with Gasteiger partial charge in [-0.15, -0.1) is 0 Å². The van der Waals surface area contributed by atoms with E-state index in [0.717, 1.165) is 0 Å². The minimum absolute atomic E-state index is 0.0459. The molecule has 3 saturated heterocycles. The van der Waals surface area contributed by atoms with E-state index in [2.05, 4.69) is 15.5 Å². The van der Waals surface area contributed by atoms with E-state index in [1.165, 1.54) is 19.1 Å². The van der Waals surface area contributed by atoms with Gasteiger partial charge in [0.25, 0.3) is 5.91 Å². The summed E-state index contributed by atoms with van der Waals surface area (Å²) in [4.78, 5) is 54.9. The molecule has 1 aromatic rings. The number of nitrogens with zero attached hydrogens (tertiary/aromatic N) is 2. The quantitative estimate of drug-likeness (QED) is 0.163. The van der Waals surface area contributed by atoms with Crippen molar-refractivity contribution in [2.45, 2.75) is 109 Å². The van der Waals surface area contributed by atoms with Gasteiger partial charge < -0.3 is 50.5 Å². The molecule has 3 heterocycles. The number of rotatable bonds is 11. The number of carboxylic acid groups (broad SMARTS) is 1. The van der Waals surface area contributed by atoms with E-state index in [-0.39, 0.29) is 35.6 Å². The van der Waals surface area contributed by atoms with Gasteiger partial charge in [-0.2, -0.15) is 0 Å².